The first-order chi connectivity index (χ1) is 14.3. The highest BCUT2D eigenvalue weighted by atomic mass is 16.5. The molecule has 0 saturated carbocycles. The SMILES string of the molecule is COC(=O)CCCc1ccc(OC/C2=C(\c3ccccc3)CCCCCC2)cc1. The zero-order valence-electron chi connectivity index (χ0n) is 17.5. The summed E-state index contributed by atoms with van der Waals surface area (Å²) >= 11 is 0. The fourth-order valence-electron chi connectivity index (χ4n) is 3.93. The molecule has 0 unspecified atom stereocenters. The van der Waals surface area contributed by atoms with Crippen molar-refractivity contribution in [2.24, 2.45) is 0 Å². The Kier molecular flexibility index (Phi) is 8.36. The summed E-state index contributed by atoms with van der Waals surface area (Å²) in [5.41, 5.74) is 5.48. The quantitative estimate of drug-likeness (QED) is 0.490. The van der Waals surface area contributed by atoms with Gasteiger partial charge < -0.3 is 9.47 Å². The monoisotopic (exact) mass is 392 g/mol. The third-order valence-electron chi connectivity index (χ3n) is 5.61. The van der Waals surface area contributed by atoms with Crippen LogP contribution in [0.1, 0.15) is 62.5 Å². The van der Waals surface area contributed by atoms with Crippen molar-refractivity contribution in [1.29, 1.82) is 0 Å². The van der Waals surface area contributed by atoms with Crippen LogP contribution in [-0.4, -0.2) is 19.7 Å². The molecule has 2 aromatic carbocycles. The molecule has 0 saturated heterocycles. The fourth-order valence-corrected chi connectivity index (χ4v) is 3.93. The predicted octanol–water partition coefficient (Wildman–Crippen LogP) is 6.37. The standard InChI is InChI=1S/C26H32O3/c1-28-26(27)15-9-10-21-16-18-24(19-17-21)29-20-23-13-5-2-3-8-14-25(23)22-11-6-4-7-12-22/h4,6-7,11-12,16-19H,2-3,5,8-10,13-15,20H2,1H3/b25-23-. The molecule has 0 fully saturated rings. The van der Waals surface area contributed by atoms with E-state index in [1.165, 1.54) is 55.1 Å². The number of benzene rings is 2. The lowest BCUT2D eigenvalue weighted by molar-refractivity contribution is -0.140. The normalized spacial score (nSPS) is 17.3. The minimum absolute atomic E-state index is 0.147. The summed E-state index contributed by atoms with van der Waals surface area (Å²) < 4.78 is 10.9. The Hall–Kier alpha value is -2.55. The molecule has 154 valence electrons. The molecule has 2 aromatic rings. The van der Waals surface area contributed by atoms with Crippen LogP contribution in [0.3, 0.4) is 0 Å². The van der Waals surface area contributed by atoms with Crippen LogP contribution in [0, 0.1) is 0 Å². The Morgan fingerprint density at radius 2 is 1.62 bits per heavy atom. The summed E-state index contributed by atoms with van der Waals surface area (Å²) in [7, 11) is 1.43. The predicted molar refractivity (Wildman–Crippen MR) is 118 cm³/mol. The van der Waals surface area contributed by atoms with Crippen LogP contribution >= 0.6 is 0 Å². The number of allylic oxidation sites excluding steroid dienone is 1. The van der Waals surface area contributed by atoms with Gasteiger partial charge in [0.05, 0.1) is 7.11 Å². The lowest BCUT2D eigenvalue weighted by Gasteiger charge is -2.19. The Bertz CT molecular complexity index is 790. The van der Waals surface area contributed by atoms with Crippen LogP contribution in [0.25, 0.3) is 5.57 Å². The molecule has 0 amide bonds. The van der Waals surface area contributed by atoms with Crippen molar-refractivity contribution in [2.75, 3.05) is 13.7 Å². The van der Waals surface area contributed by atoms with Gasteiger partial charge in [-0.3, -0.25) is 4.79 Å². The number of rotatable bonds is 8. The summed E-state index contributed by atoms with van der Waals surface area (Å²) in [5.74, 6) is 0.760. The maximum absolute atomic E-state index is 11.2. The Morgan fingerprint density at radius 3 is 2.34 bits per heavy atom. The van der Waals surface area contributed by atoms with E-state index in [-0.39, 0.29) is 5.97 Å². The number of carbonyl (C=O) groups excluding carboxylic acids is 1. The summed E-state index contributed by atoms with van der Waals surface area (Å²) in [6.07, 6.45) is 9.54. The van der Waals surface area contributed by atoms with Crippen LogP contribution in [-0.2, 0) is 16.0 Å². The number of carbonyl (C=O) groups is 1. The van der Waals surface area contributed by atoms with Gasteiger partial charge in [-0.15, -0.1) is 0 Å². The second-order valence-corrected chi connectivity index (χ2v) is 7.72. The number of esters is 1. The van der Waals surface area contributed by atoms with Gasteiger partial charge in [-0.05, 0) is 72.9 Å². The lowest BCUT2D eigenvalue weighted by Crippen LogP contribution is -2.07. The smallest absolute Gasteiger partial charge is 0.305 e. The molecule has 1 aliphatic carbocycles. The second-order valence-electron chi connectivity index (χ2n) is 7.72. The van der Waals surface area contributed by atoms with Crippen molar-refractivity contribution in [3.63, 3.8) is 0 Å². The summed E-state index contributed by atoms with van der Waals surface area (Å²) in [6.45, 7) is 0.659. The molecule has 0 spiro atoms. The van der Waals surface area contributed by atoms with Gasteiger partial charge in [0.2, 0.25) is 0 Å². The third-order valence-corrected chi connectivity index (χ3v) is 5.61. The van der Waals surface area contributed by atoms with E-state index in [4.69, 9.17) is 9.47 Å². The van der Waals surface area contributed by atoms with E-state index in [0.717, 1.165) is 31.4 Å². The van der Waals surface area contributed by atoms with Gasteiger partial charge >= 0.3 is 5.97 Å². The van der Waals surface area contributed by atoms with Gasteiger partial charge in [-0.25, -0.2) is 0 Å². The molecule has 0 radical (unpaired) electrons. The van der Waals surface area contributed by atoms with E-state index in [1.807, 2.05) is 12.1 Å². The zero-order valence-corrected chi connectivity index (χ0v) is 17.5. The zero-order chi connectivity index (χ0) is 20.3. The van der Waals surface area contributed by atoms with Gasteiger partial charge in [-0.1, -0.05) is 55.3 Å². The second kappa shape index (κ2) is 11.5. The van der Waals surface area contributed by atoms with Gasteiger partial charge in [0.15, 0.2) is 0 Å². The lowest BCUT2D eigenvalue weighted by atomic mass is 9.89. The largest absolute Gasteiger partial charge is 0.489 e. The topological polar surface area (TPSA) is 35.5 Å². The van der Waals surface area contributed by atoms with E-state index in [1.54, 1.807) is 0 Å². The van der Waals surface area contributed by atoms with Crippen LogP contribution < -0.4 is 4.74 Å². The highest BCUT2D eigenvalue weighted by Crippen LogP contribution is 2.31. The molecule has 0 aromatic heterocycles. The first kappa shape index (κ1) is 21.2. The molecule has 29 heavy (non-hydrogen) atoms. The summed E-state index contributed by atoms with van der Waals surface area (Å²) in [4.78, 5) is 11.2. The van der Waals surface area contributed by atoms with E-state index >= 15 is 0 Å². The van der Waals surface area contributed by atoms with Crippen molar-refractivity contribution in [2.45, 2.75) is 57.8 Å². The first-order valence-electron chi connectivity index (χ1n) is 10.8. The number of aryl methyl sites for hydroxylation is 1. The van der Waals surface area contributed by atoms with Crippen molar-refractivity contribution in [3.8, 4) is 5.75 Å². The van der Waals surface area contributed by atoms with Gasteiger partial charge in [0.25, 0.3) is 0 Å². The summed E-state index contributed by atoms with van der Waals surface area (Å²) in [5, 5.41) is 0. The first-order valence-corrected chi connectivity index (χ1v) is 10.8. The molecular formula is C26H32O3. The molecule has 0 N–H and O–H groups in total. The fraction of sp³-hybridized carbons (Fsp3) is 0.423. The maximum atomic E-state index is 11.2. The molecule has 0 atom stereocenters. The van der Waals surface area contributed by atoms with Crippen molar-refractivity contribution in [3.05, 3.63) is 71.3 Å². The maximum Gasteiger partial charge on any atom is 0.305 e. The van der Waals surface area contributed by atoms with E-state index in [9.17, 15) is 4.79 Å². The van der Waals surface area contributed by atoms with Crippen LogP contribution in [0.2, 0.25) is 0 Å². The average Bonchev–Trinajstić information content (AvgIpc) is 2.74. The molecule has 3 nitrogen and oxygen atoms in total. The Morgan fingerprint density at radius 1 is 0.897 bits per heavy atom. The minimum Gasteiger partial charge on any atom is -0.489 e. The Labute approximate surface area is 174 Å². The molecule has 0 bridgehead atoms. The third kappa shape index (κ3) is 6.77. The van der Waals surface area contributed by atoms with Crippen LogP contribution in [0.4, 0.5) is 0 Å². The minimum atomic E-state index is -0.147. The summed E-state index contributed by atoms with van der Waals surface area (Å²) in [6, 6.07) is 19.0. The number of ether oxygens (including phenoxy) is 2. The van der Waals surface area contributed by atoms with Crippen molar-refractivity contribution < 1.29 is 14.3 Å². The highest BCUT2D eigenvalue weighted by molar-refractivity contribution is 5.69. The molecule has 3 rings (SSSR count). The highest BCUT2D eigenvalue weighted by Gasteiger charge is 2.13. The number of hydrogen-bond donors (Lipinski definition) is 0. The Balaban J connectivity index is 1.62. The van der Waals surface area contributed by atoms with Crippen molar-refractivity contribution in [1.82, 2.24) is 0 Å². The molecule has 0 aliphatic heterocycles. The van der Waals surface area contributed by atoms with Crippen LogP contribution in [0.5, 0.6) is 5.75 Å². The van der Waals surface area contributed by atoms with E-state index in [2.05, 4.69) is 42.5 Å². The van der Waals surface area contributed by atoms with Gasteiger partial charge in [0, 0.05) is 6.42 Å². The molecular weight excluding hydrogens is 360 g/mol. The van der Waals surface area contributed by atoms with Crippen molar-refractivity contribution >= 4 is 11.5 Å². The van der Waals surface area contributed by atoms with E-state index < -0.39 is 0 Å². The average molecular weight is 393 g/mol. The number of hydrogen-bond acceptors (Lipinski definition) is 3. The molecule has 1 aliphatic rings. The van der Waals surface area contributed by atoms with Gasteiger partial charge in [0.1, 0.15) is 12.4 Å². The number of methoxy groups -OCH3 is 1. The molecule has 0 heterocycles. The van der Waals surface area contributed by atoms with E-state index in [0.29, 0.717) is 13.0 Å². The van der Waals surface area contributed by atoms with Crippen LogP contribution in [0.15, 0.2) is 60.2 Å². The van der Waals surface area contributed by atoms with Gasteiger partial charge in [-0.2, -0.15) is 0 Å². The molecule has 3 heteroatoms.